The Labute approximate surface area is 212 Å². The third-order valence-electron chi connectivity index (χ3n) is 5.84. The number of amides is 1. The summed E-state index contributed by atoms with van der Waals surface area (Å²) < 4.78 is 42.2. The highest BCUT2D eigenvalue weighted by molar-refractivity contribution is 7.89. The van der Waals surface area contributed by atoms with Crippen LogP contribution in [0.15, 0.2) is 59.3 Å². The molecule has 7 nitrogen and oxygen atoms in total. The molecule has 1 heterocycles. The summed E-state index contributed by atoms with van der Waals surface area (Å²) >= 11 is 0. The van der Waals surface area contributed by atoms with Crippen molar-refractivity contribution in [2.24, 2.45) is 5.73 Å². The first-order chi connectivity index (χ1) is 16.0. The van der Waals surface area contributed by atoms with Crippen molar-refractivity contribution in [2.45, 2.75) is 24.8 Å². The molecule has 1 aromatic heterocycles. The maximum atomic E-state index is 14.4. The van der Waals surface area contributed by atoms with E-state index in [1.165, 1.54) is 29.4 Å². The topological polar surface area (TPSA) is 88.6 Å². The predicted octanol–water partition coefficient (Wildman–Crippen LogP) is 3.73. The average Bonchev–Trinajstić information content (AvgIpc) is 3.04. The number of carbonyl (C=O) groups excluding carboxylic acids is 1. The Balaban J connectivity index is 0.00000432. The fourth-order valence-corrected chi connectivity index (χ4v) is 4.81. The van der Waals surface area contributed by atoms with E-state index < -0.39 is 10.0 Å². The van der Waals surface area contributed by atoms with Gasteiger partial charge in [-0.1, -0.05) is 12.1 Å². The van der Waals surface area contributed by atoms with Gasteiger partial charge in [0.2, 0.25) is 10.0 Å². The molecule has 0 fully saturated rings. The van der Waals surface area contributed by atoms with Crippen molar-refractivity contribution in [3.8, 4) is 0 Å². The normalized spacial score (nSPS) is 12.2. The van der Waals surface area contributed by atoms with Crippen molar-refractivity contribution in [3.63, 3.8) is 0 Å². The number of fused-ring (bicyclic) bond motifs is 1. The number of benzene rings is 2. The fourth-order valence-electron chi connectivity index (χ4n) is 3.91. The number of aromatic nitrogens is 1. The van der Waals surface area contributed by atoms with Crippen molar-refractivity contribution in [1.29, 1.82) is 0 Å². The number of halogens is 2. The summed E-state index contributed by atoms with van der Waals surface area (Å²) in [7, 11) is 2.86. The number of rotatable bonds is 8. The van der Waals surface area contributed by atoms with Gasteiger partial charge in [-0.05, 0) is 60.9 Å². The molecule has 0 atom stereocenters. The summed E-state index contributed by atoms with van der Waals surface area (Å²) in [5.74, 6) is -0.452. The van der Waals surface area contributed by atoms with Crippen LogP contribution in [0.5, 0.6) is 0 Å². The minimum atomic E-state index is -3.52. The predicted molar refractivity (Wildman–Crippen MR) is 140 cm³/mol. The van der Waals surface area contributed by atoms with Crippen LogP contribution in [0, 0.1) is 6.92 Å². The lowest BCUT2D eigenvalue weighted by Gasteiger charge is -2.12. The Morgan fingerprint density at radius 2 is 1.71 bits per heavy atom. The van der Waals surface area contributed by atoms with Crippen molar-refractivity contribution < 1.29 is 17.6 Å². The molecule has 0 aliphatic rings. The van der Waals surface area contributed by atoms with E-state index in [9.17, 15) is 17.6 Å². The molecular weight excluding hydrogens is 491 g/mol. The van der Waals surface area contributed by atoms with E-state index in [0.29, 0.717) is 12.0 Å². The van der Waals surface area contributed by atoms with Crippen molar-refractivity contribution >= 4 is 39.2 Å². The van der Waals surface area contributed by atoms with Gasteiger partial charge in [-0.2, -0.15) is 0 Å². The highest BCUT2D eigenvalue weighted by Crippen LogP contribution is 2.30. The lowest BCUT2D eigenvalue weighted by molar-refractivity contribution is 0.0827. The van der Waals surface area contributed by atoms with Crippen LogP contribution in [0.4, 0.5) is 4.39 Å². The van der Waals surface area contributed by atoms with Gasteiger partial charge in [0.15, 0.2) is 0 Å². The molecule has 1 amide bonds. The molecule has 3 aromatic rings. The van der Waals surface area contributed by atoms with Gasteiger partial charge in [-0.15, -0.1) is 12.4 Å². The van der Waals surface area contributed by atoms with Crippen molar-refractivity contribution in [1.82, 2.24) is 13.8 Å². The largest absolute Gasteiger partial charge is 0.345 e. The Bertz CT molecular complexity index is 1350. The summed E-state index contributed by atoms with van der Waals surface area (Å²) in [6.07, 6.45) is 1.85. The van der Waals surface area contributed by atoms with Crippen LogP contribution in [-0.2, 0) is 23.0 Å². The van der Waals surface area contributed by atoms with E-state index in [-0.39, 0.29) is 42.1 Å². The minimum Gasteiger partial charge on any atom is -0.345 e. The number of nitrogens with two attached hydrogens (primary N) is 1. The van der Waals surface area contributed by atoms with E-state index in [1.54, 1.807) is 44.4 Å². The molecule has 0 aliphatic carbocycles. The van der Waals surface area contributed by atoms with Gasteiger partial charge in [0, 0.05) is 56.9 Å². The quantitative estimate of drug-likeness (QED) is 0.488. The first-order valence-corrected chi connectivity index (χ1v) is 12.3. The molecule has 0 radical (unpaired) electrons. The summed E-state index contributed by atoms with van der Waals surface area (Å²) in [5, 5.41) is 0.857. The summed E-state index contributed by atoms with van der Waals surface area (Å²) in [4.78, 5) is 14.3. The summed E-state index contributed by atoms with van der Waals surface area (Å²) in [6.45, 7) is 2.07. The Kier molecular flexibility index (Phi) is 9.24. The van der Waals surface area contributed by atoms with Crippen LogP contribution in [0.25, 0.3) is 10.9 Å². The third-order valence-corrected chi connectivity index (χ3v) is 7.67. The van der Waals surface area contributed by atoms with Gasteiger partial charge < -0.3 is 15.2 Å². The molecule has 0 bridgehead atoms. The lowest BCUT2D eigenvalue weighted by Crippen LogP contribution is -2.22. The van der Waals surface area contributed by atoms with Crippen molar-refractivity contribution in [3.05, 3.63) is 76.8 Å². The van der Waals surface area contributed by atoms with E-state index in [4.69, 9.17) is 5.73 Å². The maximum Gasteiger partial charge on any atom is 0.253 e. The third kappa shape index (κ3) is 5.92. The molecule has 0 unspecified atom stereocenters. The smallest absolute Gasteiger partial charge is 0.253 e. The van der Waals surface area contributed by atoms with E-state index >= 15 is 0 Å². The molecule has 2 N–H and O–H groups in total. The Morgan fingerprint density at radius 3 is 2.26 bits per heavy atom. The van der Waals surface area contributed by atoms with Crippen LogP contribution < -0.4 is 5.73 Å². The minimum absolute atomic E-state index is 0. The first kappa shape index (κ1) is 28.5. The van der Waals surface area contributed by atoms with E-state index in [0.717, 1.165) is 27.7 Å². The van der Waals surface area contributed by atoms with Gasteiger partial charge in [-0.3, -0.25) is 4.79 Å². The molecule has 0 spiro atoms. The molecule has 35 heavy (non-hydrogen) atoms. The fraction of sp³-hybridized carbons (Fsp3) is 0.320. The van der Waals surface area contributed by atoms with Crippen LogP contribution in [0.1, 0.15) is 27.2 Å². The second-order valence-corrected chi connectivity index (χ2v) is 10.7. The second kappa shape index (κ2) is 11.3. The number of hydrogen-bond acceptors (Lipinski definition) is 4. The van der Waals surface area contributed by atoms with E-state index in [2.05, 4.69) is 0 Å². The number of nitrogens with zero attached hydrogens (tertiary/aromatic N) is 3. The van der Waals surface area contributed by atoms with Gasteiger partial charge in [0.05, 0.1) is 11.4 Å². The number of allylic oxidation sites excluding steroid dienone is 1. The van der Waals surface area contributed by atoms with Gasteiger partial charge in [0.25, 0.3) is 5.91 Å². The zero-order valence-electron chi connectivity index (χ0n) is 20.6. The summed E-state index contributed by atoms with van der Waals surface area (Å²) in [6, 6.07) is 12.2. The Hall–Kier alpha value is -2.72. The zero-order valence-corrected chi connectivity index (χ0v) is 22.2. The van der Waals surface area contributed by atoms with Crippen LogP contribution in [0.2, 0.25) is 0 Å². The van der Waals surface area contributed by atoms with Crippen LogP contribution >= 0.6 is 12.4 Å². The van der Waals surface area contributed by atoms with Gasteiger partial charge in [0.1, 0.15) is 5.83 Å². The molecule has 0 aliphatic heterocycles. The molecule has 190 valence electrons. The van der Waals surface area contributed by atoms with Gasteiger partial charge >= 0.3 is 0 Å². The molecule has 0 saturated heterocycles. The molecule has 3 rings (SSSR count). The highest BCUT2D eigenvalue weighted by atomic mass is 35.5. The highest BCUT2D eigenvalue weighted by Gasteiger charge is 2.20. The SMILES string of the molecule is Cc1c(Cc2ccc(S(=O)(=O)N(C)C)cc2)c2cc(C(=O)N(C)C)ccc2n1CC(F)=CCN.Cl. The Morgan fingerprint density at radius 1 is 1.09 bits per heavy atom. The standard InChI is InChI=1S/C25H31FN4O3S.ClH/c1-17-22(14-18-6-9-21(10-7-18)34(32,33)29(4)5)23-15-19(25(31)28(2)3)8-11-24(23)30(17)16-20(26)12-13-27;/h6-12,15H,13-14,16,27H2,1-5H3;1H. The number of hydrogen-bond donors (Lipinski definition) is 1. The van der Waals surface area contributed by atoms with Crippen molar-refractivity contribution in [2.75, 3.05) is 34.7 Å². The average molecular weight is 523 g/mol. The van der Waals surface area contributed by atoms with Crippen LogP contribution in [-0.4, -0.2) is 62.8 Å². The number of sulfonamides is 1. The number of carbonyl (C=O) groups is 1. The zero-order chi connectivity index (χ0) is 25.2. The van der Waals surface area contributed by atoms with Gasteiger partial charge in [-0.25, -0.2) is 17.1 Å². The first-order valence-electron chi connectivity index (χ1n) is 10.9. The van der Waals surface area contributed by atoms with E-state index in [1.807, 2.05) is 23.6 Å². The molecular formula is C25H32ClFN4O3S. The molecule has 2 aromatic carbocycles. The molecule has 0 saturated carbocycles. The summed E-state index contributed by atoms with van der Waals surface area (Å²) in [5.41, 5.74) is 9.55. The van der Waals surface area contributed by atoms with Crippen LogP contribution in [0.3, 0.4) is 0 Å². The maximum absolute atomic E-state index is 14.4. The molecule has 10 heteroatoms. The second-order valence-electron chi connectivity index (χ2n) is 8.58. The monoisotopic (exact) mass is 522 g/mol. The lowest BCUT2D eigenvalue weighted by atomic mass is 10.0.